The number of aliphatic carboxylic acids is 1. The molecule has 5 N–H and O–H groups in total. The highest BCUT2D eigenvalue weighted by molar-refractivity contribution is 6.05. The Bertz CT molecular complexity index is 2270. The number of amides is 4. The average molecular weight is 766 g/mol. The lowest BCUT2D eigenvalue weighted by Crippen LogP contribution is -2.27. The van der Waals surface area contributed by atoms with Crippen LogP contribution in [0, 0.1) is 0 Å². The van der Waals surface area contributed by atoms with Gasteiger partial charge < -0.3 is 39.9 Å². The molecule has 0 spiro atoms. The molecule has 5 heterocycles. The summed E-state index contributed by atoms with van der Waals surface area (Å²) in [5.74, 6) is -2.16. The highest BCUT2D eigenvalue weighted by Crippen LogP contribution is 2.30. The zero-order chi connectivity index (χ0) is 40.6. The fourth-order valence-corrected chi connectivity index (χ4v) is 5.27. The molecule has 0 atom stereocenters. The molecule has 0 saturated heterocycles. The second-order valence-corrected chi connectivity index (χ2v) is 12.5. The molecule has 16 heteroatoms. The number of aromatic nitrogens is 3. The maximum absolute atomic E-state index is 12.5. The maximum Gasteiger partial charge on any atom is 0.323 e. The van der Waals surface area contributed by atoms with Crippen LogP contribution in [0.4, 0.5) is 22.7 Å². The first-order valence-electron chi connectivity index (χ1n) is 17.9. The summed E-state index contributed by atoms with van der Waals surface area (Å²) in [5.41, 5.74) is 3.00. The number of furan rings is 1. The van der Waals surface area contributed by atoms with Gasteiger partial charge in [-0.3, -0.25) is 38.5 Å². The molecule has 292 valence electrons. The summed E-state index contributed by atoms with van der Waals surface area (Å²) in [6.45, 7) is 5.98. The molecular formula is C40H43N7O9. The van der Waals surface area contributed by atoms with Crippen molar-refractivity contribution in [3.05, 3.63) is 135 Å². The molecule has 0 bridgehead atoms. The van der Waals surface area contributed by atoms with Crippen LogP contribution >= 0.6 is 0 Å². The summed E-state index contributed by atoms with van der Waals surface area (Å²) in [5, 5.41) is 16.7. The van der Waals surface area contributed by atoms with Crippen LogP contribution in [0.15, 0.2) is 106 Å². The van der Waals surface area contributed by atoms with Crippen molar-refractivity contribution in [1.82, 2.24) is 14.5 Å². The van der Waals surface area contributed by atoms with Gasteiger partial charge >= 0.3 is 5.97 Å². The number of benzene rings is 1. The lowest BCUT2D eigenvalue weighted by atomic mass is 10.1. The molecule has 1 aliphatic rings. The smallest absolute Gasteiger partial charge is 0.323 e. The molecular weight excluding hydrogens is 722 g/mol. The Morgan fingerprint density at radius 3 is 2.32 bits per heavy atom. The van der Waals surface area contributed by atoms with E-state index in [0.717, 1.165) is 28.7 Å². The Morgan fingerprint density at radius 1 is 0.875 bits per heavy atom. The molecule has 0 saturated carbocycles. The van der Waals surface area contributed by atoms with E-state index in [2.05, 4.69) is 39.8 Å². The summed E-state index contributed by atoms with van der Waals surface area (Å²) in [6, 6.07) is 16.1. The second-order valence-electron chi connectivity index (χ2n) is 12.5. The van der Waals surface area contributed by atoms with Crippen molar-refractivity contribution in [2.75, 3.05) is 20.9 Å². The lowest BCUT2D eigenvalue weighted by molar-refractivity contribution is -0.137. The van der Waals surface area contributed by atoms with E-state index in [9.17, 15) is 33.6 Å². The number of carbonyl (C=O) groups is 5. The number of aromatic amines is 1. The Balaban J connectivity index is 0.000000232. The molecule has 0 aliphatic carbocycles. The van der Waals surface area contributed by atoms with E-state index in [1.54, 1.807) is 11.0 Å². The van der Waals surface area contributed by atoms with Gasteiger partial charge in [0.05, 0.1) is 48.1 Å². The van der Waals surface area contributed by atoms with Crippen molar-refractivity contribution in [3.63, 3.8) is 0 Å². The molecule has 4 amide bonds. The second kappa shape index (κ2) is 20.4. The third kappa shape index (κ3) is 12.0. The Kier molecular flexibility index (Phi) is 15.2. The molecule has 6 rings (SSSR count). The monoisotopic (exact) mass is 765 g/mol. The molecule has 1 aromatic carbocycles. The van der Waals surface area contributed by atoms with E-state index < -0.39 is 29.9 Å². The molecule has 16 nitrogen and oxygen atoms in total. The molecule has 56 heavy (non-hydrogen) atoms. The minimum atomic E-state index is -1.17. The number of fused-ring (bicyclic) bond motifs is 1. The van der Waals surface area contributed by atoms with Gasteiger partial charge in [-0.25, -0.2) is 0 Å². The van der Waals surface area contributed by atoms with E-state index in [1.807, 2.05) is 31.2 Å². The number of nitrogens with one attached hydrogen (secondary N) is 4. The van der Waals surface area contributed by atoms with E-state index in [4.69, 9.17) is 9.52 Å². The number of carbonyl (C=O) groups excluding carboxylic acids is 4. The fourth-order valence-electron chi connectivity index (χ4n) is 5.27. The van der Waals surface area contributed by atoms with Crippen LogP contribution in [0.3, 0.4) is 0 Å². The van der Waals surface area contributed by atoms with Crippen molar-refractivity contribution in [2.24, 2.45) is 0 Å². The standard InChI is InChI=1S/C19H15N3O4.C18H20N4O5.C3H8/c23-16-6-5-14(10-20-16)21-19(25)18-13(7-8-26-18)11-22-15-4-2-1-3-12(15)9-17(22)24;1-2-3-4-15(23)20-14-7-12(8-19-9-14)18(27)21-13-5-6-16(24)22(10-13)11-17(25)26;1-3-2/h1-8,10H,9,11H2,(H,20,23)(H,21,25);5-10H,2-4,11H2,1H3,(H,20,23)(H,21,27)(H,25,26);3H2,1-2H3. The fraction of sp³-hybridized carbons (Fsp3) is 0.250. The minimum absolute atomic E-state index is 0.0145. The van der Waals surface area contributed by atoms with E-state index >= 15 is 0 Å². The largest absolute Gasteiger partial charge is 0.480 e. The zero-order valence-corrected chi connectivity index (χ0v) is 31.2. The summed E-state index contributed by atoms with van der Waals surface area (Å²) in [4.78, 5) is 90.5. The maximum atomic E-state index is 12.5. The van der Waals surface area contributed by atoms with Crippen molar-refractivity contribution < 1.29 is 33.5 Å². The van der Waals surface area contributed by atoms with Crippen LogP contribution in [0.2, 0.25) is 0 Å². The Hall–Kier alpha value is -7.10. The van der Waals surface area contributed by atoms with Crippen molar-refractivity contribution in [2.45, 2.75) is 66.0 Å². The van der Waals surface area contributed by atoms with Crippen LogP contribution in [0.1, 0.15) is 78.5 Å². The van der Waals surface area contributed by atoms with Crippen LogP contribution in [0.5, 0.6) is 0 Å². The SMILES string of the molecule is CCC.CCCCC(=O)Nc1cncc(C(=O)Nc2ccc(=O)n(CC(=O)O)c2)c1.O=C(Nc1ccc(=O)[nH]c1)c1occc1CN1C(=O)Cc2ccccc21. The number of H-pyrrole nitrogens is 1. The zero-order valence-electron chi connectivity index (χ0n) is 31.2. The van der Waals surface area contributed by atoms with Crippen LogP contribution in [-0.2, 0) is 33.9 Å². The number of para-hydroxylation sites is 1. The quantitative estimate of drug-likeness (QED) is 0.108. The topological polar surface area (TPSA) is 226 Å². The van der Waals surface area contributed by atoms with Gasteiger partial charge in [-0.05, 0) is 42.3 Å². The summed E-state index contributed by atoms with van der Waals surface area (Å²) in [6.07, 6.45) is 10.5. The number of pyridine rings is 3. The van der Waals surface area contributed by atoms with Crippen LogP contribution in [-0.4, -0.2) is 49.2 Å². The highest BCUT2D eigenvalue weighted by Gasteiger charge is 2.29. The van der Waals surface area contributed by atoms with Gasteiger partial charge in [0.15, 0.2) is 5.76 Å². The predicted octanol–water partition coefficient (Wildman–Crippen LogP) is 5.43. The van der Waals surface area contributed by atoms with Crippen molar-refractivity contribution >= 4 is 52.3 Å². The molecule has 1 aliphatic heterocycles. The van der Waals surface area contributed by atoms with E-state index in [1.165, 1.54) is 67.8 Å². The van der Waals surface area contributed by atoms with E-state index in [0.29, 0.717) is 29.8 Å². The number of nitrogens with zero attached hydrogens (tertiary/aromatic N) is 3. The van der Waals surface area contributed by atoms with Gasteiger partial charge in [-0.1, -0.05) is 51.8 Å². The minimum Gasteiger partial charge on any atom is -0.480 e. The van der Waals surface area contributed by atoms with Gasteiger partial charge in [0, 0.05) is 48.4 Å². The lowest BCUT2D eigenvalue weighted by Gasteiger charge is -2.17. The van der Waals surface area contributed by atoms with Gasteiger partial charge in [-0.2, -0.15) is 0 Å². The first-order valence-corrected chi connectivity index (χ1v) is 17.9. The summed E-state index contributed by atoms with van der Waals surface area (Å²) in [7, 11) is 0. The number of unbranched alkanes of at least 4 members (excludes halogenated alkanes) is 1. The molecule has 0 fully saturated rings. The number of carboxylic acid groups (broad SMARTS) is 1. The third-order valence-corrected chi connectivity index (χ3v) is 7.84. The van der Waals surface area contributed by atoms with Crippen LogP contribution in [0.25, 0.3) is 0 Å². The summed E-state index contributed by atoms with van der Waals surface area (Å²) < 4.78 is 6.31. The first kappa shape index (κ1) is 41.7. The van der Waals surface area contributed by atoms with Gasteiger partial charge in [0.25, 0.3) is 17.4 Å². The highest BCUT2D eigenvalue weighted by atomic mass is 16.4. The summed E-state index contributed by atoms with van der Waals surface area (Å²) >= 11 is 0. The van der Waals surface area contributed by atoms with E-state index in [-0.39, 0.29) is 40.9 Å². The normalized spacial score (nSPS) is 11.3. The number of carboxylic acids is 1. The number of hydrogen-bond donors (Lipinski definition) is 5. The third-order valence-electron chi connectivity index (χ3n) is 7.84. The molecule has 0 radical (unpaired) electrons. The van der Waals surface area contributed by atoms with Crippen molar-refractivity contribution in [3.8, 4) is 0 Å². The number of rotatable bonds is 12. The average Bonchev–Trinajstić information content (AvgIpc) is 3.77. The van der Waals surface area contributed by atoms with Crippen molar-refractivity contribution in [1.29, 1.82) is 0 Å². The van der Waals surface area contributed by atoms with Crippen LogP contribution < -0.4 is 32.0 Å². The molecule has 4 aromatic heterocycles. The Labute approximate surface area is 321 Å². The number of anilines is 4. The first-order chi connectivity index (χ1) is 26.9. The van der Waals surface area contributed by atoms with Gasteiger partial charge in [0.1, 0.15) is 6.54 Å². The van der Waals surface area contributed by atoms with Gasteiger partial charge in [0.2, 0.25) is 17.4 Å². The van der Waals surface area contributed by atoms with Gasteiger partial charge in [-0.15, -0.1) is 0 Å². The molecule has 5 aromatic rings. The predicted molar refractivity (Wildman–Crippen MR) is 210 cm³/mol. The number of hydrogen-bond acceptors (Lipinski definition) is 9. The molecule has 0 unspecified atom stereocenters. The Morgan fingerprint density at radius 2 is 1.61 bits per heavy atom.